The number of nitrogens with two attached hydrogens (primary N) is 1. The van der Waals surface area contributed by atoms with Gasteiger partial charge in [0.15, 0.2) is 0 Å². The topological polar surface area (TPSA) is 82.0 Å². The lowest BCUT2D eigenvalue weighted by atomic mass is 10.1. The van der Waals surface area contributed by atoms with Crippen molar-refractivity contribution in [3.8, 4) is 0 Å². The van der Waals surface area contributed by atoms with Crippen molar-refractivity contribution in [3.63, 3.8) is 0 Å². The number of fused-ring (bicyclic) bond motifs is 1. The third-order valence-electron chi connectivity index (χ3n) is 2.41. The van der Waals surface area contributed by atoms with Crippen LogP contribution in [0.5, 0.6) is 0 Å². The van der Waals surface area contributed by atoms with Gasteiger partial charge in [0, 0.05) is 24.4 Å². The van der Waals surface area contributed by atoms with Crippen LogP contribution in [0.4, 0.5) is 5.69 Å². The summed E-state index contributed by atoms with van der Waals surface area (Å²) in [5.74, 6) is 0. The van der Waals surface area contributed by atoms with E-state index in [1.807, 2.05) is 6.08 Å². The van der Waals surface area contributed by atoms with Crippen LogP contribution >= 0.6 is 0 Å². The summed E-state index contributed by atoms with van der Waals surface area (Å²) in [7, 11) is 0. The Kier molecular flexibility index (Phi) is 3.11. The Morgan fingerprint density at radius 2 is 2.24 bits per heavy atom. The summed E-state index contributed by atoms with van der Waals surface area (Å²) in [5, 5.41) is 11.4. The van der Waals surface area contributed by atoms with Gasteiger partial charge in [0.1, 0.15) is 0 Å². The maximum absolute atomic E-state index is 10.9. The van der Waals surface area contributed by atoms with Crippen LogP contribution in [-0.2, 0) is 0 Å². The Morgan fingerprint density at radius 3 is 2.94 bits per heavy atom. The highest BCUT2D eigenvalue weighted by Crippen LogP contribution is 2.27. The molecular formula is C12H11N3O2. The molecule has 17 heavy (non-hydrogen) atoms. The number of hydrogen-bond donors (Lipinski definition) is 1. The van der Waals surface area contributed by atoms with Crippen molar-refractivity contribution in [1.82, 2.24) is 4.98 Å². The second-order valence-corrected chi connectivity index (χ2v) is 3.47. The molecule has 1 aromatic heterocycles. The molecule has 86 valence electrons. The fourth-order valence-electron chi connectivity index (χ4n) is 1.67. The zero-order valence-corrected chi connectivity index (χ0v) is 9.04. The Bertz CT molecular complexity index is 593. The number of rotatable bonds is 3. The van der Waals surface area contributed by atoms with Gasteiger partial charge in [-0.05, 0) is 18.2 Å². The van der Waals surface area contributed by atoms with Crippen LogP contribution in [0.1, 0.15) is 5.56 Å². The zero-order valence-electron chi connectivity index (χ0n) is 9.04. The predicted octanol–water partition coefficient (Wildman–Crippen LogP) is 2.11. The van der Waals surface area contributed by atoms with Crippen molar-refractivity contribution >= 4 is 22.7 Å². The maximum Gasteiger partial charge on any atom is 0.278 e. The summed E-state index contributed by atoms with van der Waals surface area (Å²) in [6.07, 6.45) is 5.22. The molecule has 0 saturated carbocycles. The van der Waals surface area contributed by atoms with E-state index in [2.05, 4.69) is 4.98 Å². The molecule has 0 fully saturated rings. The van der Waals surface area contributed by atoms with Crippen molar-refractivity contribution in [2.45, 2.75) is 0 Å². The second kappa shape index (κ2) is 4.71. The number of benzene rings is 1. The number of nitro groups is 1. The quantitative estimate of drug-likeness (QED) is 0.645. The number of pyridine rings is 1. The van der Waals surface area contributed by atoms with E-state index in [9.17, 15) is 10.1 Å². The van der Waals surface area contributed by atoms with E-state index in [4.69, 9.17) is 5.73 Å². The van der Waals surface area contributed by atoms with Crippen molar-refractivity contribution in [1.29, 1.82) is 0 Å². The molecule has 0 atom stereocenters. The van der Waals surface area contributed by atoms with Crippen LogP contribution < -0.4 is 5.73 Å². The molecule has 0 spiro atoms. The summed E-state index contributed by atoms with van der Waals surface area (Å²) in [6.45, 7) is 0.422. The van der Waals surface area contributed by atoms with Gasteiger partial charge in [-0.1, -0.05) is 12.2 Å². The standard InChI is InChI=1S/C12H11N3O2/c13-7-1-3-9-5-6-11(15(16)17)10-4-2-8-14-12(9)10/h1-6,8H,7,13H2. The fourth-order valence-corrected chi connectivity index (χ4v) is 1.67. The number of non-ortho nitro benzene ring substituents is 1. The molecule has 2 N–H and O–H groups in total. The molecule has 0 bridgehead atoms. The van der Waals surface area contributed by atoms with E-state index in [0.717, 1.165) is 5.56 Å². The fraction of sp³-hybridized carbons (Fsp3) is 0.0833. The van der Waals surface area contributed by atoms with Crippen molar-refractivity contribution in [2.24, 2.45) is 5.73 Å². The molecule has 2 aromatic rings. The number of aromatic nitrogens is 1. The van der Waals surface area contributed by atoms with Gasteiger partial charge in [-0.15, -0.1) is 0 Å². The van der Waals surface area contributed by atoms with Crippen molar-refractivity contribution in [2.75, 3.05) is 6.54 Å². The van der Waals surface area contributed by atoms with E-state index in [1.165, 1.54) is 6.07 Å². The molecule has 0 radical (unpaired) electrons. The Hall–Kier alpha value is -2.27. The first-order valence-electron chi connectivity index (χ1n) is 5.13. The zero-order chi connectivity index (χ0) is 12.3. The van der Waals surface area contributed by atoms with Crippen LogP contribution in [0, 0.1) is 10.1 Å². The largest absolute Gasteiger partial charge is 0.327 e. The van der Waals surface area contributed by atoms with Crippen molar-refractivity contribution in [3.05, 3.63) is 52.2 Å². The van der Waals surface area contributed by atoms with Gasteiger partial charge in [-0.2, -0.15) is 0 Å². The van der Waals surface area contributed by atoms with E-state index in [1.54, 1.807) is 30.5 Å². The first kappa shape index (κ1) is 11.2. The van der Waals surface area contributed by atoms with Gasteiger partial charge >= 0.3 is 0 Å². The Balaban J connectivity index is 2.70. The SMILES string of the molecule is NCC=Cc1ccc([N+](=O)[O-])c2cccnc12. The average Bonchev–Trinajstić information content (AvgIpc) is 2.35. The summed E-state index contributed by atoms with van der Waals surface area (Å²) < 4.78 is 0. The van der Waals surface area contributed by atoms with E-state index < -0.39 is 4.92 Å². The molecule has 0 unspecified atom stereocenters. The minimum atomic E-state index is -0.402. The minimum Gasteiger partial charge on any atom is -0.327 e. The molecule has 0 aliphatic carbocycles. The van der Waals surface area contributed by atoms with Crippen LogP contribution in [0.2, 0.25) is 0 Å². The summed E-state index contributed by atoms with van der Waals surface area (Å²) in [6, 6.07) is 6.55. The highest BCUT2D eigenvalue weighted by molar-refractivity contribution is 5.93. The highest BCUT2D eigenvalue weighted by Gasteiger charge is 2.13. The van der Waals surface area contributed by atoms with Crippen LogP contribution in [0.3, 0.4) is 0 Å². The number of nitrogens with zero attached hydrogens (tertiary/aromatic N) is 2. The predicted molar refractivity (Wildman–Crippen MR) is 66.5 cm³/mol. The van der Waals surface area contributed by atoms with Crippen LogP contribution in [-0.4, -0.2) is 16.5 Å². The molecule has 1 heterocycles. The molecule has 0 amide bonds. The van der Waals surface area contributed by atoms with E-state index in [0.29, 0.717) is 17.4 Å². The van der Waals surface area contributed by atoms with Gasteiger partial charge in [0.05, 0.1) is 15.8 Å². The molecule has 2 rings (SSSR count). The lowest BCUT2D eigenvalue weighted by molar-refractivity contribution is -0.383. The highest BCUT2D eigenvalue weighted by atomic mass is 16.6. The van der Waals surface area contributed by atoms with Crippen LogP contribution in [0.15, 0.2) is 36.5 Å². The van der Waals surface area contributed by atoms with Gasteiger partial charge in [-0.3, -0.25) is 15.1 Å². The van der Waals surface area contributed by atoms with Gasteiger partial charge in [0.25, 0.3) is 5.69 Å². The molecule has 0 aliphatic heterocycles. The Labute approximate surface area is 97.7 Å². The maximum atomic E-state index is 10.9. The van der Waals surface area contributed by atoms with E-state index >= 15 is 0 Å². The van der Waals surface area contributed by atoms with Gasteiger partial charge in [0.2, 0.25) is 0 Å². The molecular weight excluding hydrogens is 218 g/mol. The Morgan fingerprint density at radius 1 is 1.41 bits per heavy atom. The molecule has 0 saturated heterocycles. The van der Waals surface area contributed by atoms with E-state index in [-0.39, 0.29) is 5.69 Å². The minimum absolute atomic E-state index is 0.0676. The molecule has 1 aromatic carbocycles. The molecule has 5 nitrogen and oxygen atoms in total. The summed E-state index contributed by atoms with van der Waals surface area (Å²) >= 11 is 0. The van der Waals surface area contributed by atoms with Gasteiger partial charge < -0.3 is 5.73 Å². The lowest BCUT2D eigenvalue weighted by Gasteiger charge is -2.02. The molecule has 5 heteroatoms. The molecule has 0 aliphatic rings. The third kappa shape index (κ3) is 2.14. The average molecular weight is 229 g/mol. The first-order valence-corrected chi connectivity index (χ1v) is 5.13. The smallest absolute Gasteiger partial charge is 0.278 e. The number of nitro benzene ring substituents is 1. The normalized spacial score (nSPS) is 11.1. The third-order valence-corrected chi connectivity index (χ3v) is 2.41. The van der Waals surface area contributed by atoms with Gasteiger partial charge in [-0.25, -0.2) is 0 Å². The second-order valence-electron chi connectivity index (χ2n) is 3.47. The van der Waals surface area contributed by atoms with Crippen LogP contribution in [0.25, 0.3) is 17.0 Å². The summed E-state index contributed by atoms with van der Waals surface area (Å²) in [5.41, 5.74) is 6.90. The lowest BCUT2D eigenvalue weighted by Crippen LogP contribution is -1.94. The summed E-state index contributed by atoms with van der Waals surface area (Å²) in [4.78, 5) is 14.7. The monoisotopic (exact) mass is 229 g/mol. The number of hydrogen-bond acceptors (Lipinski definition) is 4. The van der Waals surface area contributed by atoms with Crippen molar-refractivity contribution < 1.29 is 4.92 Å². The first-order chi connectivity index (χ1) is 8.24.